The summed E-state index contributed by atoms with van der Waals surface area (Å²) in [5, 5.41) is 6.14. The lowest BCUT2D eigenvalue weighted by molar-refractivity contribution is 0.245. The van der Waals surface area contributed by atoms with Crippen molar-refractivity contribution in [1.29, 1.82) is 0 Å². The predicted molar refractivity (Wildman–Crippen MR) is 104 cm³/mol. The Morgan fingerprint density at radius 3 is 2.16 bits per heavy atom. The Hall–Kier alpha value is -1.75. The topological polar surface area (TPSA) is 47.6 Å². The third-order valence-corrected chi connectivity index (χ3v) is 5.43. The van der Waals surface area contributed by atoms with E-state index in [1.165, 1.54) is 37.8 Å². The van der Waals surface area contributed by atoms with Gasteiger partial charge in [-0.05, 0) is 44.2 Å². The van der Waals surface area contributed by atoms with Crippen LogP contribution in [0.3, 0.4) is 0 Å². The van der Waals surface area contributed by atoms with Crippen LogP contribution in [-0.4, -0.2) is 50.2 Å². The van der Waals surface area contributed by atoms with Crippen LogP contribution in [-0.2, 0) is 0 Å². The average Bonchev–Trinajstić information content (AvgIpc) is 2.59. The van der Waals surface area contributed by atoms with Crippen LogP contribution in [0.5, 0.6) is 0 Å². The number of urea groups is 1. The second kappa shape index (κ2) is 9.09. The molecule has 3 rings (SSSR count). The lowest BCUT2D eigenvalue weighted by atomic mass is 9.97. The summed E-state index contributed by atoms with van der Waals surface area (Å²) in [5.74, 6) is 0. The number of nitrogens with zero attached hydrogens (tertiary/aromatic N) is 2. The zero-order chi connectivity index (χ0) is 17.5. The van der Waals surface area contributed by atoms with Crippen LogP contribution < -0.4 is 15.5 Å². The minimum Gasteiger partial charge on any atom is -0.369 e. The van der Waals surface area contributed by atoms with Crippen LogP contribution in [0.4, 0.5) is 16.2 Å². The van der Waals surface area contributed by atoms with E-state index < -0.39 is 0 Å². The fraction of sp³-hybridized carbons (Fsp3) is 0.650. The summed E-state index contributed by atoms with van der Waals surface area (Å²) in [5.41, 5.74) is 2.10. The smallest absolute Gasteiger partial charge is 0.319 e. The van der Waals surface area contributed by atoms with Gasteiger partial charge in [0.2, 0.25) is 0 Å². The average molecular weight is 345 g/mol. The first-order chi connectivity index (χ1) is 12.2. The van der Waals surface area contributed by atoms with E-state index in [-0.39, 0.29) is 6.03 Å². The van der Waals surface area contributed by atoms with Crippen molar-refractivity contribution in [2.24, 2.45) is 0 Å². The number of benzene rings is 1. The Bertz CT molecular complexity index is 529. The number of hydrogen-bond donors (Lipinski definition) is 2. The Morgan fingerprint density at radius 1 is 0.920 bits per heavy atom. The minimum atomic E-state index is -0.0714. The van der Waals surface area contributed by atoms with Crippen molar-refractivity contribution in [2.75, 3.05) is 43.4 Å². The predicted octanol–water partition coefficient (Wildman–Crippen LogP) is 3.67. The van der Waals surface area contributed by atoms with Crippen molar-refractivity contribution < 1.29 is 4.79 Å². The molecule has 0 unspecified atom stereocenters. The Morgan fingerprint density at radius 2 is 1.52 bits per heavy atom. The molecule has 2 fully saturated rings. The number of piperazine rings is 1. The summed E-state index contributed by atoms with van der Waals surface area (Å²) < 4.78 is 0. The van der Waals surface area contributed by atoms with Crippen molar-refractivity contribution in [2.45, 2.75) is 51.0 Å². The van der Waals surface area contributed by atoms with Crippen LogP contribution in [0.25, 0.3) is 0 Å². The molecule has 2 N–H and O–H groups in total. The molecular formula is C20H32N4O. The van der Waals surface area contributed by atoms with Gasteiger partial charge in [-0.15, -0.1) is 0 Å². The molecule has 1 saturated heterocycles. The third kappa shape index (κ3) is 5.63. The van der Waals surface area contributed by atoms with Crippen molar-refractivity contribution in [3.63, 3.8) is 0 Å². The second-order valence-corrected chi connectivity index (χ2v) is 7.48. The maximum absolute atomic E-state index is 12.3. The molecule has 25 heavy (non-hydrogen) atoms. The summed E-state index contributed by atoms with van der Waals surface area (Å²) >= 11 is 0. The fourth-order valence-electron chi connectivity index (χ4n) is 3.77. The van der Waals surface area contributed by atoms with Gasteiger partial charge in [-0.25, -0.2) is 4.79 Å². The van der Waals surface area contributed by atoms with Crippen molar-refractivity contribution >= 4 is 17.4 Å². The van der Waals surface area contributed by atoms with Gasteiger partial charge in [-0.2, -0.15) is 0 Å². The van der Waals surface area contributed by atoms with Gasteiger partial charge in [0.15, 0.2) is 0 Å². The van der Waals surface area contributed by atoms with Crippen molar-refractivity contribution in [3.05, 3.63) is 24.3 Å². The van der Waals surface area contributed by atoms with Gasteiger partial charge < -0.3 is 20.4 Å². The molecule has 0 radical (unpaired) electrons. The molecule has 1 aromatic rings. The summed E-state index contributed by atoms with van der Waals surface area (Å²) in [6.45, 7) is 4.32. The monoisotopic (exact) mass is 344 g/mol. The highest BCUT2D eigenvalue weighted by molar-refractivity contribution is 5.89. The molecule has 1 aliphatic heterocycles. The molecule has 0 atom stereocenters. The zero-order valence-corrected chi connectivity index (χ0v) is 15.5. The van der Waals surface area contributed by atoms with Crippen LogP contribution in [0, 0.1) is 0 Å². The summed E-state index contributed by atoms with van der Waals surface area (Å²) in [7, 11) is 2.17. The van der Waals surface area contributed by atoms with Crippen LogP contribution in [0.2, 0.25) is 0 Å². The number of likely N-dealkylation sites (N-methyl/N-ethyl adjacent to an activating group) is 1. The zero-order valence-electron chi connectivity index (χ0n) is 15.5. The summed E-state index contributed by atoms with van der Waals surface area (Å²) in [6, 6.07) is 8.48. The Kier molecular flexibility index (Phi) is 6.56. The summed E-state index contributed by atoms with van der Waals surface area (Å²) in [6.07, 6.45) is 8.61. The van der Waals surface area contributed by atoms with E-state index in [2.05, 4.69) is 39.6 Å². The largest absolute Gasteiger partial charge is 0.369 e. The molecule has 5 heteroatoms. The van der Waals surface area contributed by atoms with Crippen LogP contribution in [0.1, 0.15) is 44.9 Å². The van der Waals surface area contributed by atoms with E-state index in [1.54, 1.807) is 0 Å². The normalized spacial score (nSPS) is 20.6. The van der Waals surface area contributed by atoms with Crippen molar-refractivity contribution in [3.8, 4) is 0 Å². The molecule has 0 aromatic heterocycles. The molecule has 1 saturated carbocycles. The third-order valence-electron chi connectivity index (χ3n) is 5.43. The van der Waals surface area contributed by atoms with E-state index in [1.807, 2.05) is 12.1 Å². The first kappa shape index (κ1) is 18.1. The molecule has 5 nitrogen and oxygen atoms in total. The van der Waals surface area contributed by atoms with Crippen molar-refractivity contribution in [1.82, 2.24) is 10.2 Å². The standard InChI is InChI=1S/C20H32N4O/c1-23-13-15-24(16-14-23)19-11-9-18(10-12-19)22-20(25)21-17-7-5-3-2-4-6-8-17/h9-12,17H,2-8,13-16H2,1H3,(H2,21,22,25). The molecular weight excluding hydrogens is 312 g/mol. The lowest BCUT2D eigenvalue weighted by Gasteiger charge is -2.34. The van der Waals surface area contributed by atoms with Gasteiger partial charge in [-0.3, -0.25) is 0 Å². The Labute approximate surface area is 151 Å². The van der Waals surface area contributed by atoms with Gasteiger partial charge in [-0.1, -0.05) is 32.1 Å². The number of amides is 2. The molecule has 0 bridgehead atoms. The highest BCUT2D eigenvalue weighted by Gasteiger charge is 2.15. The number of carbonyl (C=O) groups excluding carboxylic acids is 1. The molecule has 2 amide bonds. The minimum absolute atomic E-state index is 0.0714. The molecule has 2 aliphatic rings. The first-order valence-corrected chi connectivity index (χ1v) is 9.82. The second-order valence-electron chi connectivity index (χ2n) is 7.48. The van der Waals surface area contributed by atoms with Gasteiger partial charge >= 0.3 is 6.03 Å². The van der Waals surface area contributed by atoms with E-state index in [9.17, 15) is 4.79 Å². The van der Waals surface area contributed by atoms with E-state index >= 15 is 0 Å². The van der Waals surface area contributed by atoms with Gasteiger partial charge in [0.1, 0.15) is 0 Å². The maximum Gasteiger partial charge on any atom is 0.319 e. The maximum atomic E-state index is 12.3. The molecule has 1 aromatic carbocycles. The SMILES string of the molecule is CN1CCN(c2ccc(NC(=O)NC3CCCCCCC3)cc2)CC1. The number of carbonyl (C=O) groups is 1. The first-order valence-electron chi connectivity index (χ1n) is 9.82. The van der Waals surface area contributed by atoms with Gasteiger partial charge in [0, 0.05) is 43.6 Å². The van der Waals surface area contributed by atoms with E-state index in [0.717, 1.165) is 44.7 Å². The molecule has 138 valence electrons. The number of rotatable bonds is 3. The highest BCUT2D eigenvalue weighted by Crippen LogP contribution is 2.20. The molecule has 1 heterocycles. The quantitative estimate of drug-likeness (QED) is 0.879. The fourth-order valence-corrected chi connectivity index (χ4v) is 3.77. The molecule has 0 spiro atoms. The molecule has 1 aliphatic carbocycles. The Balaban J connectivity index is 1.48. The van der Waals surface area contributed by atoms with E-state index in [4.69, 9.17) is 0 Å². The van der Waals surface area contributed by atoms with E-state index in [0.29, 0.717) is 6.04 Å². The lowest BCUT2D eigenvalue weighted by Crippen LogP contribution is -2.44. The van der Waals surface area contributed by atoms with Crippen LogP contribution in [0.15, 0.2) is 24.3 Å². The highest BCUT2D eigenvalue weighted by atomic mass is 16.2. The van der Waals surface area contributed by atoms with Gasteiger partial charge in [0.25, 0.3) is 0 Å². The number of anilines is 2. The van der Waals surface area contributed by atoms with Gasteiger partial charge in [0.05, 0.1) is 0 Å². The number of nitrogens with one attached hydrogen (secondary N) is 2. The summed E-state index contributed by atoms with van der Waals surface area (Å²) in [4.78, 5) is 17.0. The number of hydrogen-bond acceptors (Lipinski definition) is 3. The van der Waals surface area contributed by atoms with Crippen LogP contribution >= 0.6 is 0 Å².